The van der Waals surface area contributed by atoms with Crippen LogP contribution in [0, 0.1) is 5.95 Å². The number of aryl methyl sites for hydroxylation is 2. The Labute approximate surface area is 886 Å². The third kappa shape index (κ3) is 24.8. The van der Waals surface area contributed by atoms with Crippen molar-refractivity contribution in [3.05, 3.63) is 345 Å². The molecule has 6 aromatic carbocycles. The van der Waals surface area contributed by atoms with E-state index in [1.54, 1.807) is 172 Å². The van der Waals surface area contributed by atoms with Crippen LogP contribution in [-0.2, 0) is 91.9 Å². The topological polar surface area (TPSA) is 440 Å². The van der Waals surface area contributed by atoms with Crippen molar-refractivity contribution in [2.45, 2.75) is 77.8 Å². The molecule has 0 radical (unpaired) electrons. The predicted molar refractivity (Wildman–Crippen MR) is 575 cm³/mol. The van der Waals surface area contributed by atoms with Gasteiger partial charge in [0, 0.05) is 294 Å². The number of nitrogens with one attached hydrogen (secondary N) is 12. The lowest BCUT2D eigenvalue weighted by Gasteiger charge is -2.27. The number of anilines is 6. The molecule has 0 spiro atoms. The quantitative estimate of drug-likeness (QED) is 0.0506. The molecule has 0 unspecified atom stereocenters. The Balaban J connectivity index is 0.000000112. The van der Waals surface area contributed by atoms with E-state index in [0.717, 1.165) is 156 Å². The van der Waals surface area contributed by atoms with E-state index >= 15 is 0 Å². The Morgan fingerprint density at radius 2 is 0.678 bits per heavy atom. The Kier molecular flexibility index (Phi) is 31.7. The Morgan fingerprint density at radius 3 is 0.980 bits per heavy atom. The number of aromatic amines is 6. The van der Waals surface area contributed by atoms with E-state index in [2.05, 4.69) is 124 Å². The van der Waals surface area contributed by atoms with Gasteiger partial charge < -0.3 is 61.3 Å². The molecule has 45 heteroatoms. The first-order valence-electron chi connectivity index (χ1n) is 47.4. The number of carbonyl (C=O) groups is 6. The normalized spacial score (nSPS) is 13.9. The minimum atomic E-state index is -0.541. The van der Waals surface area contributed by atoms with Gasteiger partial charge in [-0.05, 0) is 157 Å². The number of hydrogen-bond donors (Lipinski definition) is 12. The molecule has 17 aromatic rings. The summed E-state index contributed by atoms with van der Waals surface area (Å²) in [6, 6.07) is 52.5. The van der Waals surface area contributed by atoms with E-state index in [-0.39, 0.29) is 36.2 Å². The lowest BCUT2D eigenvalue weighted by molar-refractivity contribution is 0.205. The Hall–Kier alpha value is -16.3. The largest absolute Gasteiger partial charge is 0.322 e. The Morgan fingerprint density at radius 1 is 0.349 bits per heavy atom. The molecule has 7 aliphatic heterocycles. The van der Waals surface area contributed by atoms with Crippen molar-refractivity contribution in [2.75, 3.05) is 77.7 Å². The van der Waals surface area contributed by atoms with Crippen LogP contribution in [0.15, 0.2) is 241 Å². The number of hydrogen-bond acceptors (Lipinski definition) is 18. The minimum absolute atomic E-state index is 0.125. The number of benzene rings is 6. The zero-order valence-electron chi connectivity index (χ0n) is 80.0. The maximum Gasteiger partial charge on any atom is 0.322 e. The number of aliphatic imine (C=N–C) groups is 1. The molecular weight excluding hydrogens is 2040 g/mol. The molecule has 0 saturated carbocycles. The second-order valence-electron chi connectivity index (χ2n) is 35.4. The van der Waals surface area contributed by atoms with Crippen LogP contribution in [0.5, 0.6) is 0 Å². The highest BCUT2D eigenvalue weighted by Crippen LogP contribution is 2.38. The van der Waals surface area contributed by atoms with Crippen molar-refractivity contribution in [1.82, 2.24) is 120 Å². The summed E-state index contributed by atoms with van der Waals surface area (Å²) >= 11 is 37.4. The Bertz CT molecular complexity index is 7790. The van der Waals surface area contributed by atoms with Gasteiger partial charge in [-0.3, -0.25) is 49.9 Å². The summed E-state index contributed by atoms with van der Waals surface area (Å²) in [4.78, 5) is 98.0. The molecule has 24 rings (SSSR count). The number of allylic oxidation sites excluding steroid dienone is 1. The summed E-state index contributed by atoms with van der Waals surface area (Å²) < 4.78 is 16.6. The number of H-pyrrole nitrogens is 6. The standard InChI is InChI=1S/C18H15ClFN5O.C18H16ClN5O.2C17H17ClN6O.C17H16ClN5O.C17H15ClN4OS/c19-12-2-1-3-13(8-12)22-18(26)25-7-6-15-14(10-25)17(24-23-15)11-4-5-16(20)21-9-11;19-13-2-1-3-14(10-13)21-18(25)24-9-6-16-15(11-24)17(23-22-16)12-4-7-20-8-5-12;1-23-15(5-7-19-23)16-13-10-24(8-6-14(13)21-22-16)17(25)20-12-4-2-3-11(18)9-12;1-23-9-11(8-19-23)16-14-10-24(6-5-15(14)21-22-16)17(25)20-13-4-2-3-12(18)7-13;18-12-2-1-3-13(8-12)20-17(24)23-7-5-15-14(10-23)16(22-21-15)11-4-6-19-9-11;18-12-2-1-3-13(8-12)19-17(23)22-6-4-15-14(9-22)16(21-20-15)11-5-7-24-10-11/h1-5,8-9H,6-7,10H2,(H,22,26)(H,23,24);1-5,7-8,10H,6,9,11H2,(H,21,25)(H,22,23);2-5,7,9H,6,8,10H2,1H3,(H,20,25)(H,21,22);2-4,7-9H,5-6,10H2,1H3,(H,20,25)(H,21,22);1-4,6,8H,5,7,9-10H2,(H,20,24)(H,21,22);1-3,5,7-8,10H,4,6,9H2,(H,19,23)(H,20,21). The number of pyridine rings is 2. The van der Waals surface area contributed by atoms with Gasteiger partial charge in [0.15, 0.2) is 0 Å². The molecule has 0 aliphatic carbocycles. The maximum absolute atomic E-state index is 13.1. The van der Waals surface area contributed by atoms with E-state index < -0.39 is 5.95 Å². The molecule has 12 N–H and O–H groups in total. The zero-order valence-corrected chi connectivity index (χ0v) is 85.4. The van der Waals surface area contributed by atoms with Gasteiger partial charge >= 0.3 is 36.2 Å². The second kappa shape index (κ2) is 46.6. The van der Waals surface area contributed by atoms with Gasteiger partial charge in [0.05, 0.1) is 80.5 Å². The van der Waals surface area contributed by atoms with Gasteiger partial charge in [-0.15, -0.1) is 0 Å². The summed E-state index contributed by atoms with van der Waals surface area (Å²) in [6.45, 7) is 7.42. The second-order valence-corrected chi connectivity index (χ2v) is 38.8. The molecule has 0 fully saturated rings. The molecule has 12 amide bonds. The van der Waals surface area contributed by atoms with Crippen LogP contribution < -0.4 is 31.9 Å². The summed E-state index contributed by atoms with van der Waals surface area (Å²) in [5, 5.41) is 78.3. The van der Waals surface area contributed by atoms with Crippen LogP contribution in [0.2, 0.25) is 30.1 Å². The number of urea groups is 6. The highest BCUT2D eigenvalue weighted by Gasteiger charge is 2.34. The number of fused-ring (bicyclic) bond motifs is 6. The molecular formula is C104H96Cl6FN31O6S. The third-order valence-electron chi connectivity index (χ3n) is 25.5. The average Bonchev–Trinajstić information content (AvgIpc) is 1.65. The van der Waals surface area contributed by atoms with Crippen molar-refractivity contribution in [1.29, 1.82) is 0 Å². The number of amides is 12. The minimum Gasteiger partial charge on any atom is -0.320 e. The number of thiophene rings is 1. The highest BCUT2D eigenvalue weighted by atomic mass is 35.5. The number of rotatable bonds is 12. The third-order valence-corrected chi connectivity index (χ3v) is 27.6. The van der Waals surface area contributed by atoms with Gasteiger partial charge in [-0.2, -0.15) is 56.5 Å². The molecule has 0 saturated heterocycles. The number of nitrogens with zero attached hydrogens (tertiary/aromatic N) is 19. The number of carbonyl (C=O) groups excluding carboxylic acids is 6. The van der Waals surface area contributed by atoms with Gasteiger partial charge in [-0.25, -0.2) is 33.8 Å². The summed E-state index contributed by atoms with van der Waals surface area (Å²) in [6.07, 6.45) is 18.6. The maximum atomic E-state index is 13.1. The van der Waals surface area contributed by atoms with Gasteiger partial charge in [0.2, 0.25) is 5.95 Å². The smallest absolute Gasteiger partial charge is 0.320 e. The van der Waals surface area contributed by atoms with Crippen molar-refractivity contribution in [3.63, 3.8) is 0 Å². The van der Waals surface area contributed by atoms with E-state index in [1.165, 1.54) is 12.3 Å². The summed E-state index contributed by atoms with van der Waals surface area (Å²) in [5.74, 6) is -0.541. The molecule has 7 aliphatic rings. The van der Waals surface area contributed by atoms with Crippen molar-refractivity contribution >= 4 is 163 Å². The van der Waals surface area contributed by atoms with Crippen LogP contribution >= 0.6 is 80.9 Å². The first-order chi connectivity index (χ1) is 72.4. The number of aromatic nitrogens is 18. The van der Waals surface area contributed by atoms with Crippen LogP contribution in [0.25, 0.3) is 62.0 Å². The molecule has 37 nitrogen and oxygen atoms in total. The van der Waals surface area contributed by atoms with Crippen molar-refractivity contribution in [2.24, 2.45) is 19.1 Å². The molecule has 0 atom stereocenters. The van der Waals surface area contributed by atoms with Gasteiger partial charge in [-0.1, -0.05) is 106 Å². The first kappa shape index (κ1) is 101. The molecule has 18 heterocycles. The fourth-order valence-corrected chi connectivity index (χ4v) is 19.7. The van der Waals surface area contributed by atoms with E-state index in [9.17, 15) is 33.2 Å². The fourth-order valence-electron chi connectivity index (χ4n) is 17.9. The average molecular weight is 2140 g/mol. The van der Waals surface area contributed by atoms with Gasteiger partial charge in [0.1, 0.15) is 11.4 Å². The first-order valence-corrected chi connectivity index (χ1v) is 50.6. The fraction of sp³-hybridized carbons (Fsp3) is 0.202. The molecule has 149 heavy (non-hydrogen) atoms. The highest BCUT2D eigenvalue weighted by molar-refractivity contribution is 7.08. The van der Waals surface area contributed by atoms with Crippen LogP contribution in [-0.4, -0.2) is 208 Å². The SMILES string of the molecule is Cn1cc(-c2n[nH]c3c2CN(C(=O)Nc2cccc(Cl)c2)CC3)cn1.Cn1nccc1-c1n[nH]c2c1CN(C(=O)Nc1cccc(Cl)c1)CC2.O=C(Nc1cccc(Cl)c1)N1CCc2[nH]nc(-c3ccc(F)nc3)c2C1.O=C(Nc1cccc(Cl)c1)N1CCc2[nH]nc(-c3ccncc3)c2C1.O=C(Nc1cccc(Cl)c1)N1CCc2[nH]nc(-c3ccsc3)c2C1.O=C(Nc1cccc(Cl)c1)N1CCc2[nH]nc(C3=CC=NC3)c2C1. The lowest BCUT2D eigenvalue weighted by Crippen LogP contribution is -2.39. The summed E-state index contributed by atoms with van der Waals surface area (Å²) in [5.41, 5.74) is 27.6. The number of halogens is 7. The molecule has 758 valence electrons. The molecule has 11 aromatic heterocycles. The van der Waals surface area contributed by atoms with E-state index in [1.807, 2.05) is 117 Å². The molecule has 0 bridgehead atoms. The van der Waals surface area contributed by atoms with Gasteiger partial charge in [0.25, 0.3) is 0 Å². The predicted octanol–water partition coefficient (Wildman–Crippen LogP) is 21.2. The van der Waals surface area contributed by atoms with Crippen molar-refractivity contribution < 1.29 is 33.2 Å². The van der Waals surface area contributed by atoms with Crippen molar-refractivity contribution in [3.8, 4) is 56.4 Å². The monoisotopic (exact) mass is 2140 g/mol. The van der Waals surface area contributed by atoms with E-state index in [0.29, 0.717) is 167 Å². The van der Waals surface area contributed by atoms with Crippen LogP contribution in [0.3, 0.4) is 0 Å². The van der Waals surface area contributed by atoms with E-state index in [4.69, 9.17) is 69.6 Å². The van der Waals surface area contributed by atoms with Crippen LogP contribution in [0.4, 0.5) is 67.3 Å². The lowest BCUT2D eigenvalue weighted by atomic mass is 10.0. The van der Waals surface area contributed by atoms with Crippen LogP contribution in [0.1, 0.15) is 73.2 Å². The zero-order chi connectivity index (χ0) is 103. The summed E-state index contributed by atoms with van der Waals surface area (Å²) in [7, 11) is 3.75.